The Balaban J connectivity index is 1.69. The first-order chi connectivity index (χ1) is 10.8. The molecular formula is C19H28N2O. The van der Waals surface area contributed by atoms with Crippen LogP contribution in [0.2, 0.25) is 0 Å². The van der Waals surface area contributed by atoms with Gasteiger partial charge in [-0.2, -0.15) is 0 Å². The standard InChI is InChI=1S/C19H28N2O/c1-2-11-21(18-9-10-20-14-18)19(22)13-15-7-8-16-5-3-4-6-17(16)12-15/h7-8,12,18,20H,2-6,9-11,13-14H2,1H3. The van der Waals surface area contributed by atoms with Crippen molar-refractivity contribution in [2.24, 2.45) is 0 Å². The van der Waals surface area contributed by atoms with Crippen molar-refractivity contribution < 1.29 is 4.79 Å². The highest BCUT2D eigenvalue weighted by Gasteiger charge is 2.25. The number of carbonyl (C=O) groups is 1. The number of rotatable bonds is 5. The molecule has 1 aliphatic carbocycles. The second-order valence-corrected chi connectivity index (χ2v) is 6.72. The highest BCUT2D eigenvalue weighted by atomic mass is 16.2. The number of aryl methyl sites for hydroxylation is 2. The molecule has 120 valence electrons. The maximum Gasteiger partial charge on any atom is 0.227 e. The smallest absolute Gasteiger partial charge is 0.227 e. The third-order valence-electron chi connectivity index (χ3n) is 5.03. The monoisotopic (exact) mass is 300 g/mol. The lowest BCUT2D eigenvalue weighted by atomic mass is 9.90. The lowest BCUT2D eigenvalue weighted by Crippen LogP contribution is -2.42. The zero-order valence-electron chi connectivity index (χ0n) is 13.7. The second-order valence-electron chi connectivity index (χ2n) is 6.72. The van der Waals surface area contributed by atoms with Crippen LogP contribution in [0.3, 0.4) is 0 Å². The normalized spacial score (nSPS) is 20.7. The van der Waals surface area contributed by atoms with E-state index in [4.69, 9.17) is 0 Å². The van der Waals surface area contributed by atoms with Crippen molar-refractivity contribution in [2.75, 3.05) is 19.6 Å². The highest BCUT2D eigenvalue weighted by molar-refractivity contribution is 5.79. The molecule has 1 N–H and O–H groups in total. The van der Waals surface area contributed by atoms with Crippen LogP contribution in [-0.4, -0.2) is 36.5 Å². The summed E-state index contributed by atoms with van der Waals surface area (Å²) in [4.78, 5) is 14.9. The molecule has 1 heterocycles. The third kappa shape index (κ3) is 3.52. The first-order valence-electron chi connectivity index (χ1n) is 8.89. The number of hydrogen-bond donors (Lipinski definition) is 1. The first-order valence-corrected chi connectivity index (χ1v) is 8.89. The third-order valence-corrected chi connectivity index (χ3v) is 5.03. The summed E-state index contributed by atoms with van der Waals surface area (Å²) >= 11 is 0. The van der Waals surface area contributed by atoms with Crippen molar-refractivity contribution in [3.63, 3.8) is 0 Å². The van der Waals surface area contributed by atoms with Crippen molar-refractivity contribution in [2.45, 2.75) is 57.9 Å². The number of nitrogens with one attached hydrogen (secondary N) is 1. The molecule has 3 heteroatoms. The Morgan fingerprint density at radius 1 is 1.27 bits per heavy atom. The number of nitrogens with zero attached hydrogens (tertiary/aromatic N) is 1. The molecule has 0 aromatic heterocycles. The van der Waals surface area contributed by atoms with E-state index in [1.54, 1.807) is 0 Å². The maximum atomic E-state index is 12.8. The molecule has 2 aliphatic rings. The highest BCUT2D eigenvalue weighted by Crippen LogP contribution is 2.23. The molecule has 1 fully saturated rings. The summed E-state index contributed by atoms with van der Waals surface area (Å²) < 4.78 is 0. The lowest BCUT2D eigenvalue weighted by molar-refractivity contribution is -0.132. The van der Waals surface area contributed by atoms with E-state index in [0.29, 0.717) is 18.4 Å². The van der Waals surface area contributed by atoms with Gasteiger partial charge in [-0.25, -0.2) is 0 Å². The fraction of sp³-hybridized carbons (Fsp3) is 0.632. The second kappa shape index (κ2) is 7.28. The van der Waals surface area contributed by atoms with Crippen LogP contribution in [0.1, 0.15) is 49.3 Å². The van der Waals surface area contributed by atoms with Crippen LogP contribution in [0.4, 0.5) is 0 Å². The number of amides is 1. The van der Waals surface area contributed by atoms with Crippen molar-refractivity contribution >= 4 is 5.91 Å². The first kappa shape index (κ1) is 15.5. The maximum absolute atomic E-state index is 12.8. The lowest BCUT2D eigenvalue weighted by Gasteiger charge is -2.28. The van der Waals surface area contributed by atoms with E-state index in [9.17, 15) is 4.79 Å². The van der Waals surface area contributed by atoms with E-state index in [0.717, 1.165) is 32.5 Å². The quantitative estimate of drug-likeness (QED) is 0.907. The van der Waals surface area contributed by atoms with Gasteiger partial charge in [-0.1, -0.05) is 25.1 Å². The van der Waals surface area contributed by atoms with Crippen LogP contribution in [0, 0.1) is 0 Å². The van der Waals surface area contributed by atoms with E-state index in [2.05, 4.69) is 35.3 Å². The molecule has 1 saturated heterocycles. The Hall–Kier alpha value is -1.35. The number of benzene rings is 1. The van der Waals surface area contributed by atoms with E-state index in [1.165, 1.54) is 42.4 Å². The van der Waals surface area contributed by atoms with Gasteiger partial charge in [-0.05, 0) is 61.8 Å². The van der Waals surface area contributed by atoms with Crippen LogP contribution in [0.25, 0.3) is 0 Å². The zero-order chi connectivity index (χ0) is 15.4. The van der Waals surface area contributed by atoms with Gasteiger partial charge in [0.15, 0.2) is 0 Å². The molecule has 1 aromatic rings. The van der Waals surface area contributed by atoms with Crippen LogP contribution in [0.15, 0.2) is 18.2 Å². The van der Waals surface area contributed by atoms with Crippen molar-refractivity contribution in [1.82, 2.24) is 10.2 Å². The summed E-state index contributed by atoms with van der Waals surface area (Å²) in [6, 6.07) is 7.09. The molecule has 0 spiro atoms. The van der Waals surface area contributed by atoms with Gasteiger partial charge in [0.1, 0.15) is 0 Å². The van der Waals surface area contributed by atoms with E-state index < -0.39 is 0 Å². The van der Waals surface area contributed by atoms with E-state index >= 15 is 0 Å². The van der Waals surface area contributed by atoms with Gasteiger partial charge < -0.3 is 10.2 Å². The van der Waals surface area contributed by atoms with Crippen LogP contribution < -0.4 is 5.32 Å². The van der Waals surface area contributed by atoms with Gasteiger partial charge in [-0.15, -0.1) is 0 Å². The minimum Gasteiger partial charge on any atom is -0.338 e. The summed E-state index contributed by atoms with van der Waals surface area (Å²) in [6.07, 6.45) is 7.68. The average Bonchev–Trinajstić information content (AvgIpc) is 3.06. The SMILES string of the molecule is CCCN(C(=O)Cc1ccc2c(c1)CCCC2)C1CCNC1. The number of fused-ring (bicyclic) bond motifs is 1. The van der Waals surface area contributed by atoms with Gasteiger partial charge in [0.2, 0.25) is 5.91 Å². The minimum absolute atomic E-state index is 0.298. The molecule has 1 amide bonds. The molecule has 1 atom stereocenters. The van der Waals surface area contributed by atoms with Crippen molar-refractivity contribution in [3.05, 3.63) is 34.9 Å². The molecule has 0 saturated carbocycles. The van der Waals surface area contributed by atoms with Gasteiger partial charge in [0.25, 0.3) is 0 Å². The minimum atomic E-state index is 0.298. The fourth-order valence-corrected chi connectivity index (χ4v) is 3.83. The molecule has 1 unspecified atom stereocenters. The van der Waals surface area contributed by atoms with Gasteiger partial charge in [-0.3, -0.25) is 4.79 Å². The largest absolute Gasteiger partial charge is 0.338 e. The Morgan fingerprint density at radius 3 is 2.82 bits per heavy atom. The molecule has 0 bridgehead atoms. The molecule has 22 heavy (non-hydrogen) atoms. The fourth-order valence-electron chi connectivity index (χ4n) is 3.83. The van der Waals surface area contributed by atoms with E-state index in [1.807, 2.05) is 0 Å². The average molecular weight is 300 g/mol. The van der Waals surface area contributed by atoms with Crippen molar-refractivity contribution in [3.8, 4) is 0 Å². The zero-order valence-corrected chi connectivity index (χ0v) is 13.7. The Kier molecular flexibility index (Phi) is 5.14. The summed E-state index contributed by atoms with van der Waals surface area (Å²) in [7, 11) is 0. The molecule has 3 nitrogen and oxygen atoms in total. The molecule has 3 rings (SSSR count). The molecule has 1 aliphatic heterocycles. The molecule has 1 aromatic carbocycles. The summed E-state index contributed by atoms with van der Waals surface area (Å²) in [5, 5.41) is 3.38. The predicted molar refractivity (Wildman–Crippen MR) is 90.1 cm³/mol. The summed E-state index contributed by atoms with van der Waals surface area (Å²) in [5.74, 6) is 0.298. The predicted octanol–water partition coefficient (Wildman–Crippen LogP) is 2.71. The van der Waals surface area contributed by atoms with Crippen LogP contribution >= 0.6 is 0 Å². The molecular weight excluding hydrogens is 272 g/mol. The summed E-state index contributed by atoms with van der Waals surface area (Å²) in [5.41, 5.74) is 4.16. The Bertz CT molecular complexity index is 520. The summed E-state index contributed by atoms with van der Waals surface area (Å²) in [6.45, 7) is 5.03. The number of hydrogen-bond acceptors (Lipinski definition) is 2. The Morgan fingerprint density at radius 2 is 2.09 bits per heavy atom. The topological polar surface area (TPSA) is 32.3 Å². The van der Waals surface area contributed by atoms with Crippen LogP contribution in [-0.2, 0) is 24.1 Å². The number of carbonyl (C=O) groups excluding carboxylic acids is 1. The van der Waals surface area contributed by atoms with Gasteiger partial charge in [0.05, 0.1) is 6.42 Å². The molecule has 0 radical (unpaired) electrons. The Labute approximate surface area is 134 Å². The van der Waals surface area contributed by atoms with Gasteiger partial charge >= 0.3 is 0 Å². The van der Waals surface area contributed by atoms with Crippen molar-refractivity contribution in [1.29, 1.82) is 0 Å². The van der Waals surface area contributed by atoms with E-state index in [-0.39, 0.29) is 0 Å². The van der Waals surface area contributed by atoms with Gasteiger partial charge in [0, 0.05) is 19.1 Å². The van der Waals surface area contributed by atoms with Crippen LogP contribution in [0.5, 0.6) is 0 Å².